The van der Waals surface area contributed by atoms with Gasteiger partial charge in [0.1, 0.15) is 0 Å². The van der Waals surface area contributed by atoms with E-state index in [2.05, 4.69) is 10.2 Å². The molecule has 186 valence electrons. The number of hydrogen-bond acceptors (Lipinski definition) is 5. The summed E-state index contributed by atoms with van der Waals surface area (Å²) in [5, 5.41) is 2.63. The molecule has 3 rings (SSSR count). The van der Waals surface area contributed by atoms with E-state index < -0.39 is 38.6 Å². The Morgan fingerprint density at radius 3 is 2.59 bits per heavy atom. The molecule has 0 bridgehead atoms. The fraction of sp³-hybridized carbons (Fsp3) is 0.435. The molecule has 2 N–H and O–H groups in total. The van der Waals surface area contributed by atoms with Crippen molar-refractivity contribution in [3.05, 3.63) is 65.2 Å². The summed E-state index contributed by atoms with van der Waals surface area (Å²) in [6, 6.07) is 10.2. The number of nitrogens with zero attached hydrogens (tertiary/aromatic N) is 1. The van der Waals surface area contributed by atoms with Gasteiger partial charge in [0.05, 0.1) is 29.2 Å². The molecule has 2 aromatic carbocycles. The van der Waals surface area contributed by atoms with Crippen molar-refractivity contribution in [3.8, 4) is 0 Å². The van der Waals surface area contributed by atoms with E-state index >= 15 is 0 Å². The first kappa shape index (κ1) is 26.1. The van der Waals surface area contributed by atoms with Crippen LogP contribution in [0.4, 0.5) is 13.2 Å². The summed E-state index contributed by atoms with van der Waals surface area (Å²) >= 11 is 0. The van der Waals surface area contributed by atoms with Crippen LogP contribution in [-0.2, 0) is 38.8 Å². The molecule has 1 aliphatic heterocycles. The van der Waals surface area contributed by atoms with E-state index in [0.717, 1.165) is 42.9 Å². The van der Waals surface area contributed by atoms with Crippen molar-refractivity contribution in [2.45, 2.75) is 50.2 Å². The second kappa shape index (κ2) is 10.9. The Morgan fingerprint density at radius 1 is 1.18 bits per heavy atom. The predicted molar refractivity (Wildman–Crippen MR) is 120 cm³/mol. The van der Waals surface area contributed by atoms with Crippen LogP contribution in [0.25, 0.3) is 0 Å². The summed E-state index contributed by atoms with van der Waals surface area (Å²) in [7, 11) is -4.58. The number of carbonyl (C=O) groups excluding carboxylic acids is 1. The van der Waals surface area contributed by atoms with Gasteiger partial charge in [-0.25, -0.2) is 8.42 Å². The Morgan fingerprint density at radius 2 is 1.88 bits per heavy atom. The highest BCUT2D eigenvalue weighted by atomic mass is 32.2. The molecule has 0 saturated carbocycles. The van der Waals surface area contributed by atoms with Gasteiger partial charge in [0.25, 0.3) is 0 Å². The second-order valence-corrected chi connectivity index (χ2v) is 9.97. The number of amides is 1. The van der Waals surface area contributed by atoms with E-state index in [1.165, 1.54) is 13.0 Å². The number of nitrogens with one attached hydrogen (secondary N) is 2. The number of ether oxygens (including phenoxy) is 1. The Balaban J connectivity index is 1.59. The summed E-state index contributed by atoms with van der Waals surface area (Å²) < 4.78 is 72.3. The lowest BCUT2D eigenvalue weighted by atomic mass is 10.1. The summed E-state index contributed by atoms with van der Waals surface area (Å²) in [5.41, 5.74) is 0.601. The zero-order valence-corrected chi connectivity index (χ0v) is 19.7. The largest absolute Gasteiger partial charge is 0.417 e. The molecule has 1 saturated heterocycles. The molecule has 0 aromatic heterocycles. The number of sulfonamides is 1. The first-order valence-corrected chi connectivity index (χ1v) is 12.3. The highest BCUT2D eigenvalue weighted by Gasteiger charge is 2.37. The average molecular weight is 500 g/mol. The number of halogens is 3. The van der Waals surface area contributed by atoms with Crippen LogP contribution in [0.15, 0.2) is 53.4 Å². The zero-order valence-electron chi connectivity index (χ0n) is 18.9. The molecular formula is C23H28F3N3O4S. The van der Waals surface area contributed by atoms with E-state index in [4.69, 9.17) is 4.74 Å². The number of morpholine rings is 1. The number of alkyl halides is 3. The molecule has 11 heteroatoms. The monoisotopic (exact) mass is 499 g/mol. The minimum absolute atomic E-state index is 0.150. The lowest BCUT2D eigenvalue weighted by Crippen LogP contribution is -2.44. The number of benzene rings is 2. The zero-order chi connectivity index (χ0) is 24.9. The summed E-state index contributed by atoms with van der Waals surface area (Å²) in [5.74, 6) is -0.652. The van der Waals surface area contributed by atoms with Gasteiger partial charge in [-0.1, -0.05) is 36.4 Å². The van der Waals surface area contributed by atoms with Gasteiger partial charge >= 0.3 is 6.18 Å². The molecule has 1 aliphatic rings. The van der Waals surface area contributed by atoms with Gasteiger partial charge in [-0.05, 0) is 37.1 Å². The SMILES string of the molecule is CC1CN(Cc2cccc(CNC(=O)[C@H](C)NS(=O)(=O)c3ccccc3C(F)(F)F)c2)CCO1. The van der Waals surface area contributed by atoms with Crippen LogP contribution in [0.5, 0.6) is 0 Å². The summed E-state index contributed by atoms with van der Waals surface area (Å²) in [6.45, 7) is 6.53. The Kier molecular flexibility index (Phi) is 8.34. The molecule has 1 heterocycles. The Hall–Kier alpha value is -2.47. The molecular weight excluding hydrogens is 471 g/mol. The molecule has 7 nitrogen and oxygen atoms in total. The first-order chi connectivity index (χ1) is 16.0. The van der Waals surface area contributed by atoms with Gasteiger partial charge in [0.15, 0.2) is 0 Å². The maximum Gasteiger partial charge on any atom is 0.417 e. The van der Waals surface area contributed by atoms with E-state index in [0.29, 0.717) is 12.7 Å². The lowest BCUT2D eigenvalue weighted by Gasteiger charge is -2.31. The molecule has 0 spiro atoms. The molecule has 34 heavy (non-hydrogen) atoms. The van der Waals surface area contributed by atoms with E-state index in [-0.39, 0.29) is 12.6 Å². The first-order valence-electron chi connectivity index (χ1n) is 10.8. The average Bonchev–Trinajstić information content (AvgIpc) is 2.77. The van der Waals surface area contributed by atoms with Gasteiger partial charge in [-0.2, -0.15) is 17.9 Å². The Labute approximate surface area is 197 Å². The van der Waals surface area contributed by atoms with Gasteiger partial charge in [0.2, 0.25) is 15.9 Å². The third-order valence-corrected chi connectivity index (χ3v) is 7.00. The van der Waals surface area contributed by atoms with Gasteiger partial charge in [-0.15, -0.1) is 0 Å². The summed E-state index contributed by atoms with van der Waals surface area (Å²) in [6.07, 6.45) is -4.68. The van der Waals surface area contributed by atoms with Crippen LogP contribution in [0.3, 0.4) is 0 Å². The molecule has 1 fully saturated rings. The normalized spacial score (nSPS) is 18.4. The maximum absolute atomic E-state index is 13.2. The third-order valence-electron chi connectivity index (χ3n) is 5.40. The molecule has 1 amide bonds. The van der Waals surface area contributed by atoms with Gasteiger partial charge in [-0.3, -0.25) is 9.69 Å². The molecule has 1 unspecified atom stereocenters. The van der Waals surface area contributed by atoms with Crippen molar-refractivity contribution < 1.29 is 31.1 Å². The van der Waals surface area contributed by atoms with Crippen LogP contribution in [0.2, 0.25) is 0 Å². The molecule has 2 aromatic rings. The Bertz CT molecular complexity index is 1110. The van der Waals surface area contributed by atoms with Crippen LogP contribution < -0.4 is 10.0 Å². The van der Waals surface area contributed by atoms with Crippen molar-refractivity contribution in [2.24, 2.45) is 0 Å². The predicted octanol–water partition coefficient (Wildman–Crippen LogP) is 2.91. The maximum atomic E-state index is 13.2. The molecule has 0 radical (unpaired) electrons. The van der Waals surface area contributed by atoms with Crippen LogP contribution in [-0.4, -0.2) is 51.1 Å². The van der Waals surface area contributed by atoms with E-state index in [1.54, 1.807) is 0 Å². The quantitative estimate of drug-likeness (QED) is 0.583. The third kappa shape index (κ3) is 7.02. The smallest absolute Gasteiger partial charge is 0.376 e. The van der Waals surface area contributed by atoms with Crippen molar-refractivity contribution in [1.29, 1.82) is 0 Å². The van der Waals surface area contributed by atoms with E-state index in [1.807, 2.05) is 35.9 Å². The highest BCUT2D eigenvalue weighted by molar-refractivity contribution is 7.89. The highest BCUT2D eigenvalue weighted by Crippen LogP contribution is 2.33. The lowest BCUT2D eigenvalue weighted by molar-refractivity contribution is -0.139. The van der Waals surface area contributed by atoms with Crippen molar-refractivity contribution in [3.63, 3.8) is 0 Å². The summed E-state index contributed by atoms with van der Waals surface area (Å²) in [4.78, 5) is 13.8. The van der Waals surface area contributed by atoms with E-state index in [9.17, 15) is 26.4 Å². The minimum Gasteiger partial charge on any atom is -0.376 e. The standard InChI is InChI=1S/C23H28F3N3O4S/c1-16-14-29(10-11-33-16)15-19-7-5-6-18(12-19)13-27-22(30)17(2)28-34(31,32)21-9-4-3-8-20(21)23(24,25)26/h3-9,12,16-17,28H,10-11,13-15H2,1-2H3,(H,27,30)/t16?,17-/m0/s1. The number of hydrogen-bond donors (Lipinski definition) is 2. The second-order valence-electron chi connectivity index (χ2n) is 8.29. The number of rotatable bonds is 8. The van der Waals surface area contributed by atoms with Crippen LogP contribution >= 0.6 is 0 Å². The number of carbonyl (C=O) groups is 1. The van der Waals surface area contributed by atoms with Crippen molar-refractivity contribution in [1.82, 2.24) is 14.9 Å². The fourth-order valence-corrected chi connectivity index (χ4v) is 5.19. The topological polar surface area (TPSA) is 87.7 Å². The van der Waals surface area contributed by atoms with Crippen molar-refractivity contribution in [2.75, 3.05) is 19.7 Å². The molecule has 2 atom stereocenters. The van der Waals surface area contributed by atoms with Gasteiger partial charge < -0.3 is 10.1 Å². The minimum atomic E-state index is -4.85. The van der Waals surface area contributed by atoms with Gasteiger partial charge in [0, 0.05) is 26.2 Å². The fourth-order valence-electron chi connectivity index (χ4n) is 3.76. The van der Waals surface area contributed by atoms with Crippen LogP contribution in [0, 0.1) is 0 Å². The van der Waals surface area contributed by atoms with Crippen molar-refractivity contribution >= 4 is 15.9 Å². The molecule has 0 aliphatic carbocycles. The van der Waals surface area contributed by atoms with Crippen LogP contribution in [0.1, 0.15) is 30.5 Å².